The molecule has 2 N–H and O–H groups in total. The Kier molecular flexibility index (Phi) is 8.57. The van der Waals surface area contributed by atoms with E-state index in [9.17, 15) is 9.59 Å². The van der Waals surface area contributed by atoms with Gasteiger partial charge < -0.3 is 15.5 Å². The number of amides is 2. The molecule has 8 heteroatoms. The van der Waals surface area contributed by atoms with E-state index in [-0.39, 0.29) is 48.1 Å². The standard InChI is InChI=1S/C22H32N4O2.2ClH/c1-22(23)10-5-4-7-18(22)21(28)25-14-12-24(13-15-25)16-20(27)26-11-9-17-6-2-3-8-19(17)26;;/h2-3,6,8,18H,4-5,7,9-16,23H2,1H3;2*1H. The molecule has 0 bridgehead atoms. The number of piperazine rings is 1. The molecule has 2 atom stereocenters. The van der Waals surface area contributed by atoms with Gasteiger partial charge in [0.2, 0.25) is 11.8 Å². The van der Waals surface area contributed by atoms with Crippen molar-refractivity contribution in [3.05, 3.63) is 29.8 Å². The van der Waals surface area contributed by atoms with Gasteiger partial charge in [-0.25, -0.2) is 0 Å². The number of rotatable bonds is 3. The van der Waals surface area contributed by atoms with Gasteiger partial charge in [-0.2, -0.15) is 0 Å². The number of benzene rings is 1. The first-order valence-corrected chi connectivity index (χ1v) is 10.6. The van der Waals surface area contributed by atoms with E-state index in [1.54, 1.807) is 0 Å². The smallest absolute Gasteiger partial charge is 0.241 e. The molecule has 1 saturated carbocycles. The van der Waals surface area contributed by atoms with E-state index in [1.165, 1.54) is 5.56 Å². The van der Waals surface area contributed by atoms with E-state index in [0.717, 1.165) is 57.4 Å². The number of carbonyl (C=O) groups excluding carboxylic acids is 2. The fraction of sp³-hybridized carbons (Fsp3) is 0.636. The molecule has 2 aliphatic heterocycles. The summed E-state index contributed by atoms with van der Waals surface area (Å²) in [6.45, 7) is 6.10. The Bertz CT molecular complexity index is 750. The highest BCUT2D eigenvalue weighted by Crippen LogP contribution is 2.33. The van der Waals surface area contributed by atoms with Crippen molar-refractivity contribution < 1.29 is 9.59 Å². The molecule has 30 heavy (non-hydrogen) atoms. The Hall–Kier alpha value is -1.34. The van der Waals surface area contributed by atoms with E-state index in [4.69, 9.17) is 5.73 Å². The van der Waals surface area contributed by atoms with Crippen molar-refractivity contribution in [1.82, 2.24) is 9.80 Å². The minimum atomic E-state index is -0.383. The van der Waals surface area contributed by atoms with Crippen molar-refractivity contribution in [1.29, 1.82) is 0 Å². The molecule has 3 aliphatic rings. The second-order valence-electron chi connectivity index (χ2n) is 8.83. The van der Waals surface area contributed by atoms with Crippen molar-refractivity contribution in [2.45, 2.75) is 44.6 Å². The normalized spacial score (nSPS) is 26.4. The number of fused-ring (bicyclic) bond motifs is 1. The van der Waals surface area contributed by atoms with Crippen molar-refractivity contribution >= 4 is 42.3 Å². The molecule has 2 amide bonds. The Labute approximate surface area is 192 Å². The van der Waals surface area contributed by atoms with Crippen LogP contribution in [-0.4, -0.2) is 66.4 Å². The fourth-order valence-corrected chi connectivity index (χ4v) is 4.98. The molecule has 1 aromatic carbocycles. The van der Waals surface area contributed by atoms with Crippen LogP contribution < -0.4 is 10.6 Å². The summed E-state index contributed by atoms with van der Waals surface area (Å²) >= 11 is 0. The van der Waals surface area contributed by atoms with Gasteiger partial charge >= 0.3 is 0 Å². The molecule has 2 unspecified atom stereocenters. The average molecular weight is 457 g/mol. The second-order valence-corrected chi connectivity index (χ2v) is 8.83. The Morgan fingerprint density at radius 1 is 1.07 bits per heavy atom. The number of hydrogen-bond acceptors (Lipinski definition) is 4. The number of nitrogens with zero attached hydrogens (tertiary/aromatic N) is 3. The summed E-state index contributed by atoms with van der Waals surface area (Å²) < 4.78 is 0. The van der Waals surface area contributed by atoms with Crippen LogP contribution in [0.1, 0.15) is 38.2 Å². The third-order valence-corrected chi connectivity index (χ3v) is 6.78. The maximum absolute atomic E-state index is 13.0. The van der Waals surface area contributed by atoms with Crippen molar-refractivity contribution in [2.24, 2.45) is 11.7 Å². The van der Waals surface area contributed by atoms with Crippen LogP contribution in [0.5, 0.6) is 0 Å². The lowest BCUT2D eigenvalue weighted by molar-refractivity contribution is -0.140. The predicted octanol–water partition coefficient (Wildman–Crippen LogP) is 2.47. The summed E-state index contributed by atoms with van der Waals surface area (Å²) in [5.74, 6) is 0.311. The summed E-state index contributed by atoms with van der Waals surface area (Å²) in [5.41, 5.74) is 8.35. The number of anilines is 1. The highest BCUT2D eigenvalue weighted by Gasteiger charge is 2.40. The van der Waals surface area contributed by atoms with E-state index in [1.807, 2.05) is 34.9 Å². The fourth-order valence-electron chi connectivity index (χ4n) is 4.98. The maximum Gasteiger partial charge on any atom is 0.241 e. The third-order valence-electron chi connectivity index (χ3n) is 6.78. The molecule has 1 saturated heterocycles. The van der Waals surface area contributed by atoms with Crippen molar-refractivity contribution in [3.8, 4) is 0 Å². The largest absolute Gasteiger partial charge is 0.340 e. The number of carbonyl (C=O) groups is 2. The van der Waals surface area contributed by atoms with Crippen LogP contribution in [0.15, 0.2) is 24.3 Å². The van der Waals surface area contributed by atoms with Crippen molar-refractivity contribution in [3.63, 3.8) is 0 Å². The highest BCUT2D eigenvalue weighted by molar-refractivity contribution is 5.96. The lowest BCUT2D eigenvalue weighted by Crippen LogP contribution is -2.57. The third kappa shape index (κ3) is 5.10. The average Bonchev–Trinajstić information content (AvgIpc) is 3.12. The van der Waals surface area contributed by atoms with E-state index in [0.29, 0.717) is 19.6 Å². The maximum atomic E-state index is 13.0. The molecule has 1 aromatic rings. The molecular formula is C22H34Cl2N4O2. The first-order valence-electron chi connectivity index (χ1n) is 10.6. The molecule has 168 valence electrons. The summed E-state index contributed by atoms with van der Waals surface area (Å²) in [7, 11) is 0. The quantitative estimate of drug-likeness (QED) is 0.757. The SMILES string of the molecule is CC1(N)CCCCC1C(=O)N1CCN(CC(=O)N2CCc3ccccc32)CC1.Cl.Cl. The predicted molar refractivity (Wildman–Crippen MR) is 125 cm³/mol. The van der Waals surface area contributed by atoms with Gasteiger partial charge in [-0.05, 0) is 37.8 Å². The van der Waals surface area contributed by atoms with Crippen LogP contribution in [0.3, 0.4) is 0 Å². The topological polar surface area (TPSA) is 69.9 Å². The zero-order valence-electron chi connectivity index (χ0n) is 17.7. The molecule has 2 heterocycles. The monoisotopic (exact) mass is 456 g/mol. The molecule has 6 nitrogen and oxygen atoms in total. The van der Waals surface area contributed by atoms with Crippen molar-refractivity contribution in [2.75, 3.05) is 44.2 Å². The molecule has 0 aromatic heterocycles. The number of hydrogen-bond donors (Lipinski definition) is 1. The summed E-state index contributed by atoms with van der Waals surface area (Å²) in [6.07, 6.45) is 4.97. The van der Waals surface area contributed by atoms with E-state index >= 15 is 0 Å². The molecule has 1 aliphatic carbocycles. The van der Waals surface area contributed by atoms with Gasteiger partial charge in [-0.3, -0.25) is 14.5 Å². The lowest BCUT2D eigenvalue weighted by Gasteiger charge is -2.42. The van der Waals surface area contributed by atoms with Crippen LogP contribution >= 0.6 is 24.8 Å². The zero-order chi connectivity index (χ0) is 19.7. The van der Waals surface area contributed by atoms with Crippen LogP contribution in [0, 0.1) is 5.92 Å². The first kappa shape index (κ1) is 24.9. The number of para-hydroxylation sites is 1. The molecule has 4 rings (SSSR count). The van der Waals surface area contributed by atoms with Gasteiger partial charge in [0, 0.05) is 44.0 Å². The van der Waals surface area contributed by atoms with Crippen LogP contribution in [0.25, 0.3) is 0 Å². The Balaban J connectivity index is 0.00000160. The Morgan fingerprint density at radius 2 is 1.77 bits per heavy atom. The van der Waals surface area contributed by atoms with Gasteiger partial charge in [0.15, 0.2) is 0 Å². The molecule has 0 radical (unpaired) electrons. The lowest BCUT2D eigenvalue weighted by atomic mass is 9.74. The number of halogens is 2. The van der Waals surface area contributed by atoms with Gasteiger partial charge in [0.1, 0.15) is 0 Å². The van der Waals surface area contributed by atoms with Crippen LogP contribution in [-0.2, 0) is 16.0 Å². The minimum absolute atomic E-state index is 0. The first-order chi connectivity index (χ1) is 13.5. The van der Waals surface area contributed by atoms with E-state index in [2.05, 4.69) is 11.0 Å². The van der Waals surface area contributed by atoms with Gasteiger partial charge in [-0.15, -0.1) is 24.8 Å². The highest BCUT2D eigenvalue weighted by atomic mass is 35.5. The van der Waals surface area contributed by atoms with Gasteiger partial charge in [-0.1, -0.05) is 31.0 Å². The van der Waals surface area contributed by atoms with Gasteiger partial charge in [0.05, 0.1) is 12.5 Å². The van der Waals surface area contributed by atoms with Crippen LogP contribution in [0.2, 0.25) is 0 Å². The zero-order valence-corrected chi connectivity index (χ0v) is 19.3. The summed E-state index contributed by atoms with van der Waals surface area (Å²) in [5, 5.41) is 0. The van der Waals surface area contributed by atoms with Gasteiger partial charge in [0.25, 0.3) is 0 Å². The minimum Gasteiger partial charge on any atom is -0.340 e. The van der Waals surface area contributed by atoms with E-state index < -0.39 is 0 Å². The number of nitrogens with two attached hydrogens (primary N) is 1. The Morgan fingerprint density at radius 3 is 2.47 bits per heavy atom. The summed E-state index contributed by atoms with van der Waals surface area (Å²) in [4.78, 5) is 31.9. The second kappa shape index (κ2) is 10.3. The molecule has 0 spiro atoms. The molecular weight excluding hydrogens is 423 g/mol. The van der Waals surface area contributed by atoms with Crippen LogP contribution in [0.4, 0.5) is 5.69 Å². The summed E-state index contributed by atoms with van der Waals surface area (Å²) in [6, 6.07) is 8.15. The molecule has 2 fully saturated rings.